The van der Waals surface area contributed by atoms with Gasteiger partial charge in [0.15, 0.2) is 5.76 Å². The fraction of sp³-hybridized carbons (Fsp3) is 0.100. The van der Waals surface area contributed by atoms with Crippen molar-refractivity contribution in [2.45, 2.75) is 0 Å². The standard InChI is InChI=1S/C10H9NO2/c1-12-8-4-5-11-9(7-8)10-3-2-6-13-10/h2-7H,1H3. The van der Waals surface area contributed by atoms with Crippen LogP contribution in [0.2, 0.25) is 0 Å². The van der Waals surface area contributed by atoms with Crippen LogP contribution in [0.1, 0.15) is 0 Å². The molecule has 0 fully saturated rings. The molecular formula is C10H9NO2. The maximum absolute atomic E-state index is 5.20. The van der Waals surface area contributed by atoms with Gasteiger partial charge >= 0.3 is 0 Å². The smallest absolute Gasteiger partial charge is 0.152 e. The average molecular weight is 175 g/mol. The van der Waals surface area contributed by atoms with Crippen LogP contribution < -0.4 is 4.74 Å². The minimum atomic E-state index is 0.749. The molecule has 0 aliphatic heterocycles. The first-order chi connectivity index (χ1) is 6.40. The molecule has 0 spiro atoms. The number of ether oxygens (including phenoxy) is 1. The Bertz CT molecular complexity index is 382. The maximum Gasteiger partial charge on any atom is 0.152 e. The van der Waals surface area contributed by atoms with Gasteiger partial charge in [-0.25, -0.2) is 0 Å². The van der Waals surface area contributed by atoms with Gasteiger partial charge in [-0.1, -0.05) is 0 Å². The fourth-order valence-electron chi connectivity index (χ4n) is 1.10. The monoisotopic (exact) mass is 175 g/mol. The summed E-state index contributed by atoms with van der Waals surface area (Å²) in [4.78, 5) is 4.16. The Kier molecular flexibility index (Phi) is 2.00. The zero-order valence-electron chi connectivity index (χ0n) is 7.23. The molecule has 0 aliphatic rings. The predicted octanol–water partition coefficient (Wildman–Crippen LogP) is 2.35. The van der Waals surface area contributed by atoms with Crippen molar-refractivity contribution in [1.82, 2.24) is 4.98 Å². The molecule has 0 aromatic carbocycles. The minimum Gasteiger partial charge on any atom is -0.497 e. The van der Waals surface area contributed by atoms with Crippen LogP contribution in [0.25, 0.3) is 11.5 Å². The van der Waals surface area contributed by atoms with Crippen LogP contribution in [0, 0.1) is 0 Å². The van der Waals surface area contributed by atoms with E-state index in [4.69, 9.17) is 9.15 Å². The third kappa shape index (κ3) is 1.54. The molecule has 66 valence electrons. The van der Waals surface area contributed by atoms with Crippen molar-refractivity contribution in [3.05, 3.63) is 36.7 Å². The quantitative estimate of drug-likeness (QED) is 0.702. The lowest BCUT2D eigenvalue weighted by atomic mass is 10.3. The summed E-state index contributed by atoms with van der Waals surface area (Å²) in [5.74, 6) is 1.53. The second-order valence-corrected chi connectivity index (χ2v) is 2.56. The van der Waals surface area contributed by atoms with Gasteiger partial charge in [0.25, 0.3) is 0 Å². The van der Waals surface area contributed by atoms with Crippen molar-refractivity contribution in [3.63, 3.8) is 0 Å². The topological polar surface area (TPSA) is 35.3 Å². The van der Waals surface area contributed by atoms with E-state index < -0.39 is 0 Å². The van der Waals surface area contributed by atoms with E-state index in [1.54, 1.807) is 25.6 Å². The molecule has 2 heterocycles. The van der Waals surface area contributed by atoms with Crippen molar-refractivity contribution in [3.8, 4) is 17.2 Å². The number of furan rings is 1. The first-order valence-electron chi connectivity index (χ1n) is 3.94. The van der Waals surface area contributed by atoms with Crippen LogP contribution in [-0.4, -0.2) is 12.1 Å². The summed E-state index contributed by atoms with van der Waals surface area (Å²) >= 11 is 0. The Hall–Kier alpha value is -1.77. The molecule has 2 aromatic rings. The molecule has 3 heteroatoms. The normalized spacial score (nSPS) is 9.92. The Morgan fingerprint density at radius 3 is 3.00 bits per heavy atom. The van der Waals surface area contributed by atoms with Gasteiger partial charge in [0.2, 0.25) is 0 Å². The van der Waals surface area contributed by atoms with E-state index in [2.05, 4.69) is 4.98 Å². The molecule has 0 atom stereocenters. The van der Waals surface area contributed by atoms with Gasteiger partial charge in [-0.05, 0) is 18.2 Å². The lowest BCUT2D eigenvalue weighted by molar-refractivity contribution is 0.414. The summed E-state index contributed by atoms with van der Waals surface area (Å²) in [6.45, 7) is 0. The Morgan fingerprint density at radius 2 is 2.31 bits per heavy atom. The van der Waals surface area contributed by atoms with Gasteiger partial charge in [0.1, 0.15) is 11.4 Å². The average Bonchev–Trinajstić information content (AvgIpc) is 2.71. The van der Waals surface area contributed by atoms with E-state index in [1.165, 1.54) is 0 Å². The molecule has 0 amide bonds. The first-order valence-corrected chi connectivity index (χ1v) is 3.94. The Labute approximate surface area is 76.0 Å². The SMILES string of the molecule is COc1ccnc(-c2ccco2)c1. The van der Waals surface area contributed by atoms with Crippen LogP contribution in [-0.2, 0) is 0 Å². The van der Waals surface area contributed by atoms with Crippen molar-refractivity contribution >= 4 is 0 Å². The van der Waals surface area contributed by atoms with Crippen LogP contribution in [0.15, 0.2) is 41.1 Å². The van der Waals surface area contributed by atoms with E-state index in [1.807, 2.05) is 18.2 Å². The lowest BCUT2D eigenvalue weighted by Gasteiger charge is -2.00. The number of hydrogen-bond donors (Lipinski definition) is 0. The van der Waals surface area contributed by atoms with Crippen LogP contribution >= 0.6 is 0 Å². The molecule has 2 aromatic heterocycles. The molecule has 13 heavy (non-hydrogen) atoms. The van der Waals surface area contributed by atoms with E-state index in [0.29, 0.717) is 0 Å². The van der Waals surface area contributed by atoms with E-state index >= 15 is 0 Å². The Morgan fingerprint density at radius 1 is 1.38 bits per heavy atom. The number of pyridine rings is 1. The number of nitrogens with zero attached hydrogens (tertiary/aromatic N) is 1. The van der Waals surface area contributed by atoms with E-state index in [9.17, 15) is 0 Å². The summed E-state index contributed by atoms with van der Waals surface area (Å²) in [5, 5.41) is 0. The number of rotatable bonds is 2. The second kappa shape index (κ2) is 3.31. The van der Waals surface area contributed by atoms with Crippen molar-refractivity contribution in [2.75, 3.05) is 7.11 Å². The first kappa shape index (κ1) is 7.86. The fourth-order valence-corrected chi connectivity index (χ4v) is 1.10. The molecule has 0 saturated carbocycles. The molecule has 0 radical (unpaired) electrons. The molecular weight excluding hydrogens is 166 g/mol. The van der Waals surface area contributed by atoms with Gasteiger partial charge in [0.05, 0.1) is 13.4 Å². The second-order valence-electron chi connectivity index (χ2n) is 2.56. The van der Waals surface area contributed by atoms with Gasteiger partial charge < -0.3 is 9.15 Å². The zero-order chi connectivity index (χ0) is 9.10. The van der Waals surface area contributed by atoms with E-state index in [0.717, 1.165) is 17.2 Å². The number of aromatic nitrogens is 1. The van der Waals surface area contributed by atoms with Crippen LogP contribution in [0.5, 0.6) is 5.75 Å². The summed E-state index contributed by atoms with van der Waals surface area (Å²) in [6, 6.07) is 7.32. The molecule has 0 aliphatic carbocycles. The van der Waals surface area contributed by atoms with E-state index in [-0.39, 0.29) is 0 Å². The molecule has 0 unspecified atom stereocenters. The predicted molar refractivity (Wildman–Crippen MR) is 48.5 cm³/mol. The lowest BCUT2D eigenvalue weighted by Crippen LogP contribution is -1.85. The summed E-state index contributed by atoms with van der Waals surface area (Å²) in [7, 11) is 1.63. The summed E-state index contributed by atoms with van der Waals surface area (Å²) < 4.78 is 10.3. The highest BCUT2D eigenvalue weighted by atomic mass is 16.5. The van der Waals surface area contributed by atoms with Crippen LogP contribution in [0.4, 0.5) is 0 Å². The van der Waals surface area contributed by atoms with Crippen molar-refractivity contribution in [1.29, 1.82) is 0 Å². The number of hydrogen-bond acceptors (Lipinski definition) is 3. The maximum atomic E-state index is 5.20. The third-order valence-corrected chi connectivity index (χ3v) is 1.74. The highest BCUT2D eigenvalue weighted by Crippen LogP contribution is 2.20. The molecule has 0 N–H and O–H groups in total. The summed E-state index contributed by atoms with van der Waals surface area (Å²) in [5.41, 5.74) is 0.782. The van der Waals surface area contributed by atoms with Crippen LogP contribution in [0.3, 0.4) is 0 Å². The molecule has 2 rings (SSSR count). The van der Waals surface area contributed by atoms with Crippen molar-refractivity contribution < 1.29 is 9.15 Å². The number of methoxy groups -OCH3 is 1. The van der Waals surface area contributed by atoms with Gasteiger partial charge in [0, 0.05) is 12.3 Å². The van der Waals surface area contributed by atoms with Crippen molar-refractivity contribution in [2.24, 2.45) is 0 Å². The summed E-state index contributed by atoms with van der Waals surface area (Å²) in [6.07, 6.45) is 3.31. The largest absolute Gasteiger partial charge is 0.497 e. The third-order valence-electron chi connectivity index (χ3n) is 1.74. The van der Waals surface area contributed by atoms with Gasteiger partial charge in [-0.3, -0.25) is 4.98 Å². The molecule has 0 saturated heterocycles. The van der Waals surface area contributed by atoms with Gasteiger partial charge in [-0.2, -0.15) is 0 Å². The Balaban J connectivity index is 2.41. The molecule has 0 bridgehead atoms. The highest BCUT2D eigenvalue weighted by molar-refractivity contribution is 5.53. The highest BCUT2D eigenvalue weighted by Gasteiger charge is 2.02. The molecule has 3 nitrogen and oxygen atoms in total. The zero-order valence-corrected chi connectivity index (χ0v) is 7.23. The van der Waals surface area contributed by atoms with Gasteiger partial charge in [-0.15, -0.1) is 0 Å². The minimum absolute atomic E-state index is 0.749.